The van der Waals surface area contributed by atoms with Gasteiger partial charge in [-0.3, -0.25) is 0 Å². The topological polar surface area (TPSA) is 12.0 Å². The van der Waals surface area contributed by atoms with E-state index >= 15 is 0 Å². The molecule has 1 nitrogen and oxygen atoms in total. The molecule has 16 heavy (non-hydrogen) atoms. The summed E-state index contributed by atoms with van der Waals surface area (Å²) in [7, 11) is 0. The minimum atomic E-state index is -0.516. The van der Waals surface area contributed by atoms with Gasteiger partial charge in [0.15, 0.2) is 0 Å². The monoisotopic (exact) mass is 227 g/mol. The molecule has 0 amide bonds. The van der Waals surface area contributed by atoms with Gasteiger partial charge in [-0.05, 0) is 43.5 Å². The van der Waals surface area contributed by atoms with Crippen LogP contribution in [0.1, 0.15) is 38.2 Å². The van der Waals surface area contributed by atoms with Crippen molar-refractivity contribution in [1.29, 1.82) is 0 Å². The van der Waals surface area contributed by atoms with Crippen molar-refractivity contribution in [3.8, 4) is 0 Å². The van der Waals surface area contributed by atoms with E-state index in [1.807, 2.05) is 6.92 Å². The summed E-state index contributed by atoms with van der Waals surface area (Å²) in [6.07, 6.45) is 1.96. The Morgan fingerprint density at radius 2 is 2.00 bits per heavy atom. The zero-order valence-corrected chi connectivity index (χ0v) is 9.89. The van der Waals surface area contributed by atoms with E-state index in [0.29, 0.717) is 5.56 Å². The van der Waals surface area contributed by atoms with Gasteiger partial charge in [0.05, 0.1) is 0 Å². The molecule has 3 heteroatoms. The second-order valence-electron chi connectivity index (χ2n) is 4.11. The molecule has 0 aromatic heterocycles. The Labute approximate surface area is 95.9 Å². The zero-order valence-electron chi connectivity index (χ0n) is 9.89. The Morgan fingerprint density at radius 1 is 1.25 bits per heavy atom. The van der Waals surface area contributed by atoms with Crippen LogP contribution < -0.4 is 5.32 Å². The van der Waals surface area contributed by atoms with E-state index in [4.69, 9.17) is 0 Å². The maximum Gasteiger partial charge on any atom is 0.129 e. The molecule has 0 aliphatic rings. The SMILES string of the molecule is CCCNCCC(C)c1ccc(F)cc1F. The number of nitrogens with one attached hydrogen (secondary N) is 1. The fraction of sp³-hybridized carbons (Fsp3) is 0.538. The number of benzene rings is 1. The molecule has 0 aliphatic carbocycles. The Bertz CT molecular complexity index is 326. The molecular formula is C13H19F2N. The summed E-state index contributed by atoms with van der Waals surface area (Å²) in [6, 6.07) is 3.80. The fourth-order valence-corrected chi connectivity index (χ4v) is 1.68. The van der Waals surface area contributed by atoms with Crippen LogP contribution in [0.3, 0.4) is 0 Å². The molecule has 0 fully saturated rings. The van der Waals surface area contributed by atoms with Gasteiger partial charge in [-0.2, -0.15) is 0 Å². The lowest BCUT2D eigenvalue weighted by Gasteiger charge is -2.13. The van der Waals surface area contributed by atoms with Gasteiger partial charge in [-0.25, -0.2) is 8.78 Å². The van der Waals surface area contributed by atoms with Gasteiger partial charge in [0, 0.05) is 6.07 Å². The molecule has 1 rings (SSSR count). The van der Waals surface area contributed by atoms with Crippen LogP contribution in [0.25, 0.3) is 0 Å². The van der Waals surface area contributed by atoms with Crippen LogP contribution in [-0.4, -0.2) is 13.1 Å². The predicted octanol–water partition coefficient (Wildman–Crippen LogP) is 3.46. The Morgan fingerprint density at radius 3 is 2.62 bits per heavy atom. The van der Waals surface area contributed by atoms with Crippen molar-refractivity contribution < 1.29 is 8.78 Å². The van der Waals surface area contributed by atoms with Gasteiger partial charge in [0.1, 0.15) is 11.6 Å². The minimum absolute atomic E-state index is 0.116. The Hall–Kier alpha value is -0.960. The molecule has 0 heterocycles. The van der Waals surface area contributed by atoms with E-state index < -0.39 is 11.6 Å². The van der Waals surface area contributed by atoms with Crippen LogP contribution in [-0.2, 0) is 0 Å². The van der Waals surface area contributed by atoms with E-state index in [0.717, 1.165) is 32.0 Å². The molecule has 0 bridgehead atoms. The average Bonchev–Trinajstić information content (AvgIpc) is 2.24. The smallest absolute Gasteiger partial charge is 0.129 e. The summed E-state index contributed by atoms with van der Waals surface area (Å²) in [5.74, 6) is -0.842. The highest BCUT2D eigenvalue weighted by atomic mass is 19.1. The zero-order chi connectivity index (χ0) is 12.0. The molecular weight excluding hydrogens is 208 g/mol. The first-order valence-electron chi connectivity index (χ1n) is 5.80. The maximum absolute atomic E-state index is 13.4. The Balaban J connectivity index is 2.49. The molecule has 1 unspecified atom stereocenters. The first-order valence-corrected chi connectivity index (χ1v) is 5.80. The summed E-state index contributed by atoms with van der Waals surface area (Å²) >= 11 is 0. The highest BCUT2D eigenvalue weighted by Gasteiger charge is 2.11. The molecule has 0 aliphatic heterocycles. The normalized spacial score (nSPS) is 12.8. The predicted molar refractivity (Wildman–Crippen MR) is 62.6 cm³/mol. The summed E-state index contributed by atoms with van der Waals surface area (Å²) in [4.78, 5) is 0. The van der Waals surface area contributed by atoms with Crippen LogP contribution in [0.4, 0.5) is 8.78 Å². The molecule has 1 aromatic carbocycles. The molecule has 1 N–H and O–H groups in total. The van der Waals surface area contributed by atoms with E-state index in [9.17, 15) is 8.78 Å². The van der Waals surface area contributed by atoms with Gasteiger partial charge in [-0.15, -0.1) is 0 Å². The maximum atomic E-state index is 13.4. The fourth-order valence-electron chi connectivity index (χ4n) is 1.68. The van der Waals surface area contributed by atoms with Crippen molar-refractivity contribution >= 4 is 0 Å². The van der Waals surface area contributed by atoms with Crippen LogP contribution in [0.5, 0.6) is 0 Å². The van der Waals surface area contributed by atoms with E-state index in [2.05, 4.69) is 12.2 Å². The van der Waals surface area contributed by atoms with Gasteiger partial charge in [0.2, 0.25) is 0 Å². The van der Waals surface area contributed by atoms with Gasteiger partial charge >= 0.3 is 0 Å². The van der Waals surface area contributed by atoms with Gasteiger partial charge < -0.3 is 5.32 Å². The summed E-state index contributed by atoms with van der Waals surface area (Å²) in [5, 5.41) is 3.27. The third-order valence-corrected chi connectivity index (χ3v) is 2.67. The molecule has 90 valence electrons. The van der Waals surface area contributed by atoms with Crippen LogP contribution >= 0.6 is 0 Å². The standard InChI is InChI=1S/C13H19F2N/c1-3-7-16-8-6-10(2)12-5-4-11(14)9-13(12)15/h4-5,9-10,16H,3,6-8H2,1-2H3. The first kappa shape index (κ1) is 13.1. The van der Waals surface area contributed by atoms with E-state index in [1.165, 1.54) is 12.1 Å². The van der Waals surface area contributed by atoms with E-state index in [-0.39, 0.29) is 5.92 Å². The van der Waals surface area contributed by atoms with Crippen LogP contribution in [0.15, 0.2) is 18.2 Å². The van der Waals surface area contributed by atoms with E-state index in [1.54, 1.807) is 0 Å². The van der Waals surface area contributed by atoms with Crippen LogP contribution in [0.2, 0.25) is 0 Å². The molecule has 0 saturated carbocycles. The van der Waals surface area contributed by atoms with Crippen molar-refractivity contribution in [2.24, 2.45) is 0 Å². The highest BCUT2D eigenvalue weighted by molar-refractivity contribution is 5.22. The third-order valence-electron chi connectivity index (χ3n) is 2.67. The van der Waals surface area contributed by atoms with Crippen molar-refractivity contribution in [3.05, 3.63) is 35.4 Å². The van der Waals surface area contributed by atoms with Crippen molar-refractivity contribution in [3.63, 3.8) is 0 Å². The highest BCUT2D eigenvalue weighted by Crippen LogP contribution is 2.22. The summed E-state index contributed by atoms with van der Waals surface area (Å²) < 4.78 is 26.1. The average molecular weight is 227 g/mol. The van der Waals surface area contributed by atoms with Crippen molar-refractivity contribution in [2.45, 2.75) is 32.6 Å². The second kappa shape index (κ2) is 6.59. The van der Waals surface area contributed by atoms with Crippen molar-refractivity contribution in [2.75, 3.05) is 13.1 Å². The molecule has 1 atom stereocenters. The number of rotatable bonds is 6. The van der Waals surface area contributed by atoms with Crippen molar-refractivity contribution in [1.82, 2.24) is 5.32 Å². The third kappa shape index (κ3) is 3.89. The van der Waals surface area contributed by atoms with Gasteiger partial charge in [0.25, 0.3) is 0 Å². The first-order chi connectivity index (χ1) is 7.65. The number of hydrogen-bond acceptors (Lipinski definition) is 1. The summed E-state index contributed by atoms with van der Waals surface area (Å²) in [6.45, 7) is 5.92. The second-order valence-corrected chi connectivity index (χ2v) is 4.11. The number of hydrogen-bond donors (Lipinski definition) is 1. The largest absolute Gasteiger partial charge is 0.317 e. The summed E-state index contributed by atoms with van der Waals surface area (Å²) in [5.41, 5.74) is 0.597. The Kier molecular flexibility index (Phi) is 5.39. The lowest BCUT2D eigenvalue weighted by Crippen LogP contribution is -2.17. The molecule has 0 spiro atoms. The number of halogens is 2. The minimum Gasteiger partial charge on any atom is -0.317 e. The lowest BCUT2D eigenvalue weighted by atomic mass is 9.97. The van der Waals surface area contributed by atoms with Gasteiger partial charge in [-0.1, -0.05) is 19.9 Å². The lowest BCUT2D eigenvalue weighted by molar-refractivity contribution is 0.537. The molecule has 0 saturated heterocycles. The quantitative estimate of drug-likeness (QED) is 0.734. The van der Waals surface area contributed by atoms with Crippen LogP contribution in [0, 0.1) is 11.6 Å². The molecule has 0 radical (unpaired) electrons. The molecule has 1 aromatic rings.